The molecule has 1 aromatic rings. The van der Waals surface area contributed by atoms with Crippen LogP contribution in [0.1, 0.15) is 31.7 Å². The van der Waals surface area contributed by atoms with Crippen LogP contribution in [0.3, 0.4) is 0 Å². The minimum Gasteiger partial charge on any atom is -0.316 e. The van der Waals surface area contributed by atoms with E-state index in [4.69, 9.17) is 0 Å². The molecule has 1 aliphatic rings. The molecule has 82 valence electrons. The predicted molar refractivity (Wildman–Crippen MR) is 60.4 cm³/mol. The minimum absolute atomic E-state index is 0.152. The Morgan fingerprint density at radius 2 is 1.87 bits per heavy atom. The molecule has 0 aliphatic heterocycles. The normalized spacial score (nSPS) is 28.5. The zero-order chi connectivity index (χ0) is 11.1. The van der Waals surface area contributed by atoms with Crippen LogP contribution < -0.4 is 5.32 Å². The number of halogens is 1. The Kier molecular flexibility index (Phi) is 2.55. The molecule has 2 unspecified atom stereocenters. The van der Waals surface area contributed by atoms with E-state index in [0.717, 1.165) is 6.42 Å². The molecule has 1 N–H and O–H groups in total. The van der Waals surface area contributed by atoms with Crippen molar-refractivity contribution in [2.75, 3.05) is 7.05 Å². The molecule has 0 radical (unpaired) electrons. The van der Waals surface area contributed by atoms with Gasteiger partial charge in [-0.15, -0.1) is 0 Å². The molecule has 2 heteroatoms. The second-order valence-corrected chi connectivity index (χ2v) is 5.00. The number of rotatable bonds is 2. The van der Waals surface area contributed by atoms with Crippen molar-refractivity contribution in [2.24, 2.45) is 5.41 Å². The van der Waals surface area contributed by atoms with Crippen molar-refractivity contribution < 1.29 is 4.39 Å². The van der Waals surface area contributed by atoms with Crippen LogP contribution in [-0.2, 0) is 0 Å². The monoisotopic (exact) mass is 207 g/mol. The first kappa shape index (κ1) is 10.6. The fraction of sp³-hybridized carbons (Fsp3) is 0.538. The van der Waals surface area contributed by atoms with Crippen molar-refractivity contribution in [1.82, 2.24) is 5.32 Å². The summed E-state index contributed by atoms with van der Waals surface area (Å²) in [7, 11) is 2.01. The summed E-state index contributed by atoms with van der Waals surface area (Å²) in [5.74, 6) is 0.400. The molecule has 1 aromatic carbocycles. The van der Waals surface area contributed by atoms with E-state index in [2.05, 4.69) is 19.2 Å². The van der Waals surface area contributed by atoms with E-state index >= 15 is 0 Å². The Morgan fingerprint density at radius 1 is 1.27 bits per heavy atom. The van der Waals surface area contributed by atoms with Gasteiger partial charge in [-0.2, -0.15) is 0 Å². The van der Waals surface area contributed by atoms with Crippen LogP contribution in [-0.4, -0.2) is 13.1 Å². The quantitative estimate of drug-likeness (QED) is 0.786. The molecular weight excluding hydrogens is 189 g/mol. The third-order valence-corrected chi connectivity index (χ3v) is 3.89. The summed E-state index contributed by atoms with van der Waals surface area (Å²) in [5, 5.41) is 3.33. The molecule has 0 aromatic heterocycles. The van der Waals surface area contributed by atoms with Crippen molar-refractivity contribution in [3.8, 4) is 0 Å². The van der Waals surface area contributed by atoms with Gasteiger partial charge in [0.25, 0.3) is 0 Å². The first-order valence-corrected chi connectivity index (χ1v) is 5.48. The van der Waals surface area contributed by atoms with E-state index in [0.29, 0.717) is 12.0 Å². The van der Waals surface area contributed by atoms with Gasteiger partial charge in [-0.3, -0.25) is 0 Å². The maximum atomic E-state index is 12.8. The summed E-state index contributed by atoms with van der Waals surface area (Å²) in [6, 6.07) is 7.50. The maximum absolute atomic E-state index is 12.8. The highest BCUT2D eigenvalue weighted by atomic mass is 19.1. The van der Waals surface area contributed by atoms with Gasteiger partial charge >= 0.3 is 0 Å². The van der Waals surface area contributed by atoms with Gasteiger partial charge in [0, 0.05) is 6.04 Å². The average molecular weight is 207 g/mol. The van der Waals surface area contributed by atoms with Gasteiger partial charge in [0.2, 0.25) is 0 Å². The summed E-state index contributed by atoms with van der Waals surface area (Å²) >= 11 is 0. The summed E-state index contributed by atoms with van der Waals surface area (Å²) < 4.78 is 12.8. The molecule has 0 bridgehead atoms. The van der Waals surface area contributed by atoms with Gasteiger partial charge in [0.15, 0.2) is 0 Å². The Bertz CT molecular complexity index is 342. The van der Waals surface area contributed by atoms with Gasteiger partial charge in [0.05, 0.1) is 0 Å². The van der Waals surface area contributed by atoms with Crippen molar-refractivity contribution in [3.63, 3.8) is 0 Å². The van der Waals surface area contributed by atoms with E-state index in [-0.39, 0.29) is 11.2 Å². The van der Waals surface area contributed by atoms with E-state index in [1.807, 2.05) is 19.2 Å². The lowest BCUT2D eigenvalue weighted by Gasteiger charge is -2.52. The molecule has 0 heterocycles. The lowest BCUT2D eigenvalue weighted by atomic mass is 9.56. The molecule has 2 rings (SSSR count). The highest BCUT2D eigenvalue weighted by Crippen LogP contribution is 2.52. The van der Waals surface area contributed by atoms with Gasteiger partial charge in [-0.1, -0.05) is 26.0 Å². The summed E-state index contributed by atoms with van der Waals surface area (Å²) in [6.07, 6.45) is 1.15. The van der Waals surface area contributed by atoms with Crippen LogP contribution in [0.25, 0.3) is 0 Å². The summed E-state index contributed by atoms with van der Waals surface area (Å²) in [5.41, 5.74) is 1.53. The fourth-order valence-corrected chi connectivity index (χ4v) is 2.68. The van der Waals surface area contributed by atoms with Crippen LogP contribution >= 0.6 is 0 Å². The summed E-state index contributed by atoms with van der Waals surface area (Å²) in [6.45, 7) is 4.54. The third kappa shape index (κ3) is 1.67. The minimum atomic E-state index is -0.152. The Hall–Kier alpha value is -0.890. The third-order valence-electron chi connectivity index (χ3n) is 3.89. The lowest BCUT2D eigenvalue weighted by Crippen LogP contribution is -2.54. The Balaban J connectivity index is 2.17. The molecule has 0 saturated heterocycles. The number of hydrogen-bond donors (Lipinski definition) is 1. The lowest BCUT2D eigenvalue weighted by molar-refractivity contribution is 0.0751. The largest absolute Gasteiger partial charge is 0.316 e. The highest BCUT2D eigenvalue weighted by molar-refractivity contribution is 5.27. The van der Waals surface area contributed by atoms with Crippen LogP contribution in [0.4, 0.5) is 4.39 Å². The van der Waals surface area contributed by atoms with Crippen molar-refractivity contribution in [1.29, 1.82) is 0 Å². The van der Waals surface area contributed by atoms with Crippen molar-refractivity contribution >= 4 is 0 Å². The molecule has 15 heavy (non-hydrogen) atoms. The van der Waals surface area contributed by atoms with E-state index in [1.54, 1.807) is 12.1 Å². The Labute approximate surface area is 90.7 Å². The zero-order valence-electron chi connectivity index (χ0n) is 9.55. The molecular formula is C13H18FN. The Morgan fingerprint density at radius 3 is 2.33 bits per heavy atom. The smallest absolute Gasteiger partial charge is 0.123 e. The van der Waals surface area contributed by atoms with Gasteiger partial charge in [0.1, 0.15) is 5.82 Å². The number of nitrogens with one attached hydrogen (secondary N) is 1. The van der Waals surface area contributed by atoms with Crippen molar-refractivity contribution in [2.45, 2.75) is 32.2 Å². The number of hydrogen-bond acceptors (Lipinski definition) is 1. The van der Waals surface area contributed by atoms with E-state index in [9.17, 15) is 4.39 Å². The molecule has 0 spiro atoms. The molecule has 1 aliphatic carbocycles. The highest BCUT2D eigenvalue weighted by Gasteiger charge is 2.47. The molecule has 1 nitrogen and oxygen atoms in total. The average Bonchev–Trinajstić information content (AvgIpc) is 2.20. The molecule has 0 amide bonds. The van der Waals surface area contributed by atoms with Crippen LogP contribution in [0.2, 0.25) is 0 Å². The zero-order valence-corrected chi connectivity index (χ0v) is 9.55. The first-order valence-electron chi connectivity index (χ1n) is 5.48. The molecule has 1 saturated carbocycles. The van der Waals surface area contributed by atoms with E-state index < -0.39 is 0 Å². The van der Waals surface area contributed by atoms with Gasteiger partial charge in [-0.25, -0.2) is 4.39 Å². The standard InChI is InChI=1S/C13H18FN/c1-13(2)11(8-12(13)15-3)9-4-6-10(14)7-5-9/h4-7,11-12,15H,8H2,1-3H3. The summed E-state index contributed by atoms with van der Waals surface area (Å²) in [4.78, 5) is 0. The topological polar surface area (TPSA) is 12.0 Å². The SMILES string of the molecule is CNC1CC(c2ccc(F)cc2)C1(C)C. The second kappa shape index (κ2) is 3.60. The molecule has 2 atom stereocenters. The van der Waals surface area contributed by atoms with E-state index in [1.165, 1.54) is 5.56 Å². The fourth-order valence-electron chi connectivity index (χ4n) is 2.68. The van der Waals surface area contributed by atoms with Crippen LogP contribution in [0.15, 0.2) is 24.3 Å². The first-order chi connectivity index (χ1) is 7.05. The van der Waals surface area contributed by atoms with Crippen LogP contribution in [0, 0.1) is 11.2 Å². The second-order valence-electron chi connectivity index (χ2n) is 5.00. The number of benzene rings is 1. The van der Waals surface area contributed by atoms with Gasteiger partial charge in [-0.05, 0) is 42.5 Å². The van der Waals surface area contributed by atoms with Crippen LogP contribution in [0.5, 0.6) is 0 Å². The molecule has 1 fully saturated rings. The van der Waals surface area contributed by atoms with Gasteiger partial charge < -0.3 is 5.32 Å². The maximum Gasteiger partial charge on any atom is 0.123 e. The predicted octanol–water partition coefficient (Wildman–Crippen LogP) is 2.93. The van der Waals surface area contributed by atoms with Crippen molar-refractivity contribution in [3.05, 3.63) is 35.6 Å².